The summed E-state index contributed by atoms with van der Waals surface area (Å²) in [5.41, 5.74) is 12.8. The largest absolute Gasteiger partial charge is 0.383 e. The quantitative estimate of drug-likeness (QED) is 0.614. The molecule has 0 spiro atoms. The van der Waals surface area contributed by atoms with E-state index in [0.717, 1.165) is 17.7 Å². The molecule has 1 aromatic heterocycles. The standard InChI is InChI=1S/C7H12N4/c1-3-5-4(2)10-7(9)11-6(5)8/h3H2,1-2H3,(H4,8,9,10,11). The molecule has 0 aliphatic rings. The highest BCUT2D eigenvalue weighted by Gasteiger charge is 2.04. The fourth-order valence-electron chi connectivity index (χ4n) is 1.08. The molecule has 0 saturated heterocycles. The lowest BCUT2D eigenvalue weighted by Gasteiger charge is -2.05. The fraction of sp³-hybridized carbons (Fsp3) is 0.429. The van der Waals surface area contributed by atoms with Crippen LogP contribution in [0, 0.1) is 6.92 Å². The molecule has 0 radical (unpaired) electrons. The predicted octanol–water partition coefficient (Wildman–Crippen LogP) is 0.512. The second kappa shape index (κ2) is 2.74. The van der Waals surface area contributed by atoms with Crippen molar-refractivity contribution in [1.29, 1.82) is 0 Å². The van der Waals surface area contributed by atoms with E-state index in [1.807, 2.05) is 13.8 Å². The third kappa shape index (κ3) is 1.39. The Kier molecular flexibility index (Phi) is 1.94. The van der Waals surface area contributed by atoms with Gasteiger partial charge in [0.15, 0.2) is 0 Å². The lowest BCUT2D eigenvalue weighted by molar-refractivity contribution is 1.01. The molecule has 4 nitrogen and oxygen atoms in total. The smallest absolute Gasteiger partial charge is 0.222 e. The van der Waals surface area contributed by atoms with Gasteiger partial charge in [0.1, 0.15) is 5.82 Å². The maximum Gasteiger partial charge on any atom is 0.222 e. The molecule has 1 heterocycles. The highest BCUT2D eigenvalue weighted by atomic mass is 15.0. The van der Waals surface area contributed by atoms with Crippen LogP contribution in [-0.4, -0.2) is 9.97 Å². The predicted molar refractivity (Wildman–Crippen MR) is 45.0 cm³/mol. The summed E-state index contributed by atoms with van der Waals surface area (Å²) in [5, 5.41) is 0. The first kappa shape index (κ1) is 7.78. The second-order valence-electron chi connectivity index (χ2n) is 2.38. The first-order valence-corrected chi connectivity index (χ1v) is 3.53. The van der Waals surface area contributed by atoms with Gasteiger partial charge in [0.05, 0.1) is 0 Å². The Labute approximate surface area is 65.6 Å². The van der Waals surface area contributed by atoms with Crippen LogP contribution in [0.15, 0.2) is 0 Å². The zero-order valence-electron chi connectivity index (χ0n) is 6.76. The van der Waals surface area contributed by atoms with Gasteiger partial charge in [-0.25, -0.2) is 4.98 Å². The Morgan fingerprint density at radius 3 is 2.36 bits per heavy atom. The van der Waals surface area contributed by atoms with E-state index in [-0.39, 0.29) is 5.95 Å². The summed E-state index contributed by atoms with van der Waals surface area (Å²) in [6.45, 7) is 3.89. The second-order valence-corrected chi connectivity index (χ2v) is 2.38. The van der Waals surface area contributed by atoms with Gasteiger partial charge in [0.25, 0.3) is 0 Å². The minimum Gasteiger partial charge on any atom is -0.383 e. The first-order chi connectivity index (χ1) is 5.15. The van der Waals surface area contributed by atoms with Crippen molar-refractivity contribution in [2.75, 3.05) is 11.5 Å². The van der Waals surface area contributed by atoms with Gasteiger partial charge < -0.3 is 11.5 Å². The Morgan fingerprint density at radius 1 is 1.27 bits per heavy atom. The molecule has 1 aromatic rings. The summed E-state index contributed by atoms with van der Waals surface area (Å²) < 4.78 is 0. The van der Waals surface area contributed by atoms with Crippen molar-refractivity contribution < 1.29 is 0 Å². The topological polar surface area (TPSA) is 77.8 Å². The summed E-state index contributed by atoms with van der Waals surface area (Å²) in [4.78, 5) is 7.84. The van der Waals surface area contributed by atoms with E-state index in [0.29, 0.717) is 5.82 Å². The molecule has 1 rings (SSSR count). The van der Waals surface area contributed by atoms with Crippen molar-refractivity contribution in [1.82, 2.24) is 9.97 Å². The van der Waals surface area contributed by atoms with Crippen LogP contribution in [0.25, 0.3) is 0 Å². The SMILES string of the molecule is CCc1c(C)nc(N)nc1N. The van der Waals surface area contributed by atoms with Gasteiger partial charge in [-0.1, -0.05) is 6.92 Å². The van der Waals surface area contributed by atoms with E-state index in [1.54, 1.807) is 0 Å². The van der Waals surface area contributed by atoms with Crippen LogP contribution in [0.3, 0.4) is 0 Å². The third-order valence-electron chi connectivity index (χ3n) is 1.62. The molecule has 0 atom stereocenters. The lowest BCUT2D eigenvalue weighted by atomic mass is 10.2. The highest BCUT2D eigenvalue weighted by molar-refractivity contribution is 5.45. The molecule has 0 unspecified atom stereocenters. The maximum atomic E-state index is 5.60. The minimum atomic E-state index is 0.247. The Hall–Kier alpha value is -1.32. The number of nitrogens with two attached hydrogens (primary N) is 2. The van der Waals surface area contributed by atoms with Crippen molar-refractivity contribution in [3.05, 3.63) is 11.3 Å². The van der Waals surface area contributed by atoms with Gasteiger partial charge in [-0.3, -0.25) is 0 Å². The number of nitrogens with zero attached hydrogens (tertiary/aromatic N) is 2. The van der Waals surface area contributed by atoms with Crippen LogP contribution in [0.4, 0.5) is 11.8 Å². The molecule has 4 heteroatoms. The molecule has 0 bridgehead atoms. The fourth-order valence-corrected chi connectivity index (χ4v) is 1.08. The number of nitrogen functional groups attached to an aromatic ring is 2. The molecule has 0 aromatic carbocycles. The van der Waals surface area contributed by atoms with Gasteiger partial charge in [-0.2, -0.15) is 4.98 Å². The molecule has 0 fully saturated rings. The summed E-state index contributed by atoms with van der Waals surface area (Å²) >= 11 is 0. The van der Waals surface area contributed by atoms with E-state index in [9.17, 15) is 0 Å². The Bertz CT molecular complexity index is 246. The van der Waals surface area contributed by atoms with Crippen molar-refractivity contribution in [2.24, 2.45) is 0 Å². The van der Waals surface area contributed by atoms with Crippen LogP contribution < -0.4 is 11.5 Å². The van der Waals surface area contributed by atoms with Gasteiger partial charge in [0, 0.05) is 11.3 Å². The van der Waals surface area contributed by atoms with Gasteiger partial charge in [-0.15, -0.1) is 0 Å². The number of hydrogen-bond acceptors (Lipinski definition) is 4. The van der Waals surface area contributed by atoms with E-state index < -0.39 is 0 Å². The van der Waals surface area contributed by atoms with E-state index in [4.69, 9.17) is 11.5 Å². The normalized spacial score (nSPS) is 10.0. The summed E-state index contributed by atoms with van der Waals surface area (Å²) in [7, 11) is 0. The van der Waals surface area contributed by atoms with Crippen molar-refractivity contribution >= 4 is 11.8 Å². The first-order valence-electron chi connectivity index (χ1n) is 3.53. The number of anilines is 2. The molecule has 11 heavy (non-hydrogen) atoms. The van der Waals surface area contributed by atoms with Crippen molar-refractivity contribution in [3.63, 3.8) is 0 Å². The summed E-state index contributed by atoms with van der Waals surface area (Å²) in [5.74, 6) is 0.745. The van der Waals surface area contributed by atoms with Crippen LogP contribution in [0.5, 0.6) is 0 Å². The van der Waals surface area contributed by atoms with Gasteiger partial charge >= 0.3 is 0 Å². The Balaban J connectivity index is 3.25. The average molecular weight is 152 g/mol. The maximum absolute atomic E-state index is 5.60. The zero-order chi connectivity index (χ0) is 8.43. The minimum absolute atomic E-state index is 0.247. The molecule has 0 amide bonds. The highest BCUT2D eigenvalue weighted by Crippen LogP contribution is 2.13. The number of aromatic nitrogens is 2. The molecule has 60 valence electrons. The van der Waals surface area contributed by atoms with Crippen molar-refractivity contribution in [3.8, 4) is 0 Å². The zero-order valence-corrected chi connectivity index (χ0v) is 6.76. The monoisotopic (exact) mass is 152 g/mol. The molecular formula is C7H12N4. The average Bonchev–Trinajstić information content (AvgIpc) is 1.85. The summed E-state index contributed by atoms with van der Waals surface area (Å²) in [6, 6.07) is 0. The molecule has 0 aliphatic heterocycles. The lowest BCUT2D eigenvalue weighted by Crippen LogP contribution is -2.05. The van der Waals surface area contributed by atoms with E-state index in [1.165, 1.54) is 0 Å². The van der Waals surface area contributed by atoms with Gasteiger partial charge in [-0.05, 0) is 13.3 Å². The molecule has 4 N–H and O–H groups in total. The van der Waals surface area contributed by atoms with Crippen LogP contribution in [0.1, 0.15) is 18.2 Å². The molecular weight excluding hydrogens is 140 g/mol. The van der Waals surface area contributed by atoms with Crippen LogP contribution in [-0.2, 0) is 6.42 Å². The molecule has 0 aliphatic carbocycles. The number of aryl methyl sites for hydroxylation is 1. The third-order valence-corrected chi connectivity index (χ3v) is 1.62. The van der Waals surface area contributed by atoms with Crippen LogP contribution >= 0.6 is 0 Å². The molecule has 0 saturated carbocycles. The summed E-state index contributed by atoms with van der Waals surface area (Å²) in [6.07, 6.45) is 0.845. The number of rotatable bonds is 1. The van der Waals surface area contributed by atoms with Crippen LogP contribution in [0.2, 0.25) is 0 Å². The van der Waals surface area contributed by atoms with Crippen molar-refractivity contribution in [2.45, 2.75) is 20.3 Å². The van der Waals surface area contributed by atoms with E-state index >= 15 is 0 Å². The Morgan fingerprint density at radius 2 is 1.91 bits per heavy atom. The number of hydrogen-bond donors (Lipinski definition) is 2. The van der Waals surface area contributed by atoms with Gasteiger partial charge in [0.2, 0.25) is 5.95 Å². The van der Waals surface area contributed by atoms with E-state index in [2.05, 4.69) is 9.97 Å².